The Hall–Kier alpha value is -1.04. The van der Waals surface area contributed by atoms with Gasteiger partial charge in [0.25, 0.3) is 0 Å². The number of aliphatic imine (C=N–C) groups is 2. The Morgan fingerprint density at radius 3 is 1.03 bits per heavy atom. The Balaban J connectivity index is 1.30. The molecule has 3 aliphatic heterocycles. The summed E-state index contributed by atoms with van der Waals surface area (Å²) in [6.45, 7) is 45.4. The Bertz CT molecular complexity index is 1440. The van der Waals surface area contributed by atoms with Crippen LogP contribution in [0, 0.1) is 51.8 Å². The lowest BCUT2D eigenvalue weighted by molar-refractivity contribution is 0.0307. The van der Waals surface area contributed by atoms with Crippen molar-refractivity contribution in [1.82, 2.24) is 14.7 Å². The Morgan fingerprint density at radius 2 is 0.690 bits per heavy atom. The van der Waals surface area contributed by atoms with Gasteiger partial charge in [-0.15, -0.1) is 0 Å². The van der Waals surface area contributed by atoms with Crippen LogP contribution in [-0.4, -0.2) is 82.1 Å². The lowest BCUT2D eigenvalue weighted by Crippen LogP contribution is -2.51. The standard InChI is InChI=1S/C53H95N5/c1-39(48(3,4)41-24-21-27-44(36-41)51(9,10)56-30-15-16-31-56)54-47(50(7,8)43-26-23-29-46(38-43)53(13,14)58-34-19-20-35-58)55-40(2)49(5,6)42-25-22-28-45(37-42)52(11,12)57-32-17-18-33-57/h41-46H,1,15-38H2,2-14H3. The van der Waals surface area contributed by atoms with Gasteiger partial charge in [-0.1, -0.05) is 67.4 Å². The maximum absolute atomic E-state index is 5.88. The van der Waals surface area contributed by atoms with E-state index in [1.165, 1.54) is 161 Å². The largest absolute Gasteiger partial charge is 0.298 e. The molecule has 0 aromatic carbocycles. The highest BCUT2D eigenvalue weighted by Crippen LogP contribution is 2.52. The van der Waals surface area contributed by atoms with E-state index in [4.69, 9.17) is 16.6 Å². The summed E-state index contributed by atoms with van der Waals surface area (Å²) in [4.78, 5) is 20.1. The molecule has 0 radical (unpaired) electrons. The van der Waals surface area contributed by atoms with Crippen molar-refractivity contribution in [2.45, 2.75) is 222 Å². The van der Waals surface area contributed by atoms with Gasteiger partial charge in [-0.2, -0.15) is 0 Å². The van der Waals surface area contributed by atoms with Crippen LogP contribution in [0.2, 0.25) is 0 Å². The highest BCUT2D eigenvalue weighted by atomic mass is 15.2. The third kappa shape index (κ3) is 9.47. The maximum atomic E-state index is 5.88. The molecule has 0 amide bonds. The molecule has 0 N–H and O–H groups in total. The second-order valence-corrected chi connectivity index (χ2v) is 24.5. The summed E-state index contributed by atoms with van der Waals surface area (Å²) in [6, 6.07) is 0. The molecule has 3 aliphatic carbocycles. The molecule has 0 spiro atoms. The Kier molecular flexibility index (Phi) is 14.4. The lowest BCUT2D eigenvalue weighted by Gasteiger charge is -2.49. The molecular weight excluding hydrogens is 707 g/mol. The number of allylic oxidation sites excluding steroid dienone is 1. The molecule has 0 bridgehead atoms. The number of hydrogen-bond acceptors (Lipinski definition) is 4. The molecule has 6 aliphatic rings. The van der Waals surface area contributed by atoms with Crippen molar-refractivity contribution in [3.05, 3.63) is 12.3 Å². The van der Waals surface area contributed by atoms with Crippen molar-refractivity contribution in [2.75, 3.05) is 39.3 Å². The molecule has 0 aromatic rings. The third-order valence-electron chi connectivity index (χ3n) is 19.6. The Morgan fingerprint density at radius 1 is 0.397 bits per heavy atom. The predicted molar refractivity (Wildman–Crippen MR) is 252 cm³/mol. The summed E-state index contributed by atoms with van der Waals surface area (Å²) >= 11 is 0. The van der Waals surface area contributed by atoms with Crippen LogP contribution in [0.25, 0.3) is 0 Å². The fourth-order valence-electron chi connectivity index (χ4n) is 13.7. The zero-order valence-electron chi connectivity index (χ0n) is 40.9. The average Bonchev–Trinajstić information content (AvgIpc) is 4.03. The Labute approximate surface area is 360 Å². The first-order chi connectivity index (χ1) is 27.1. The molecule has 3 heterocycles. The van der Waals surface area contributed by atoms with Gasteiger partial charge in [0, 0.05) is 44.3 Å². The summed E-state index contributed by atoms with van der Waals surface area (Å²) < 4.78 is 0. The first-order valence-electron chi connectivity index (χ1n) is 25.2. The molecule has 3 saturated heterocycles. The lowest BCUT2D eigenvalue weighted by atomic mass is 9.62. The monoisotopic (exact) mass is 802 g/mol. The summed E-state index contributed by atoms with van der Waals surface area (Å²) in [5.74, 6) is 5.05. The normalized spacial score (nSPS) is 31.7. The molecule has 5 heteroatoms. The number of nitrogens with zero attached hydrogens (tertiary/aromatic N) is 5. The molecule has 0 aromatic heterocycles. The molecular formula is C53H95N5. The molecule has 6 atom stereocenters. The number of hydrogen-bond donors (Lipinski definition) is 0. The summed E-state index contributed by atoms with van der Waals surface area (Å²) in [5, 5.41) is 0. The minimum absolute atomic E-state index is 0.0120. The van der Waals surface area contributed by atoms with Crippen LogP contribution in [0.3, 0.4) is 0 Å². The van der Waals surface area contributed by atoms with Crippen molar-refractivity contribution >= 4 is 11.5 Å². The van der Waals surface area contributed by atoms with Gasteiger partial charge in [0.15, 0.2) is 0 Å². The fourth-order valence-corrected chi connectivity index (χ4v) is 13.7. The summed E-state index contributed by atoms with van der Waals surface area (Å²) in [7, 11) is 0. The maximum Gasteiger partial charge on any atom is 0.134 e. The fraction of sp³-hybridized carbons (Fsp3) is 0.925. The van der Waals surface area contributed by atoms with E-state index in [1.807, 2.05) is 0 Å². The molecule has 3 saturated carbocycles. The van der Waals surface area contributed by atoms with Gasteiger partial charge < -0.3 is 0 Å². The summed E-state index contributed by atoms with van der Waals surface area (Å²) in [6.07, 6.45) is 24.0. The minimum atomic E-state index is -0.143. The van der Waals surface area contributed by atoms with Crippen molar-refractivity contribution in [3.8, 4) is 0 Å². The molecule has 5 nitrogen and oxygen atoms in total. The number of likely N-dealkylation sites (tertiary alicyclic amines) is 3. The second-order valence-electron chi connectivity index (χ2n) is 24.5. The minimum Gasteiger partial charge on any atom is -0.298 e. The second kappa shape index (κ2) is 18.0. The molecule has 6 fully saturated rings. The van der Waals surface area contributed by atoms with Gasteiger partial charge in [0.2, 0.25) is 0 Å². The van der Waals surface area contributed by atoms with Crippen molar-refractivity contribution in [2.24, 2.45) is 61.7 Å². The first-order valence-corrected chi connectivity index (χ1v) is 25.2. The van der Waals surface area contributed by atoms with Crippen LogP contribution in [0.15, 0.2) is 22.3 Å². The molecule has 6 rings (SSSR count). The zero-order chi connectivity index (χ0) is 42.3. The van der Waals surface area contributed by atoms with Gasteiger partial charge in [0.05, 0.1) is 0 Å². The van der Waals surface area contributed by atoms with Crippen molar-refractivity contribution < 1.29 is 0 Å². The van der Waals surface area contributed by atoms with E-state index in [1.54, 1.807) is 0 Å². The van der Waals surface area contributed by atoms with Crippen LogP contribution < -0.4 is 0 Å². The van der Waals surface area contributed by atoms with E-state index in [0.29, 0.717) is 23.7 Å². The van der Waals surface area contributed by atoms with E-state index < -0.39 is 0 Å². The van der Waals surface area contributed by atoms with Gasteiger partial charge in [-0.05, 0) is 220 Å². The van der Waals surface area contributed by atoms with Gasteiger partial charge >= 0.3 is 0 Å². The van der Waals surface area contributed by atoms with Gasteiger partial charge in [-0.3, -0.25) is 14.7 Å². The first kappa shape index (κ1) is 46.5. The number of rotatable bonds is 13. The highest BCUT2D eigenvalue weighted by Gasteiger charge is 2.48. The van der Waals surface area contributed by atoms with E-state index in [2.05, 4.69) is 105 Å². The molecule has 6 unspecified atom stereocenters. The quantitative estimate of drug-likeness (QED) is 0.137. The van der Waals surface area contributed by atoms with E-state index in [-0.39, 0.29) is 32.9 Å². The van der Waals surface area contributed by atoms with Crippen molar-refractivity contribution in [1.29, 1.82) is 0 Å². The summed E-state index contributed by atoms with van der Waals surface area (Å²) in [5.41, 5.74) is 2.94. The zero-order valence-corrected chi connectivity index (χ0v) is 40.9. The topological polar surface area (TPSA) is 34.4 Å². The van der Waals surface area contributed by atoms with Crippen molar-refractivity contribution in [3.63, 3.8) is 0 Å². The number of amidine groups is 1. The predicted octanol–water partition coefficient (Wildman–Crippen LogP) is 13.5. The van der Waals surface area contributed by atoms with Gasteiger partial charge in [-0.25, -0.2) is 9.98 Å². The van der Waals surface area contributed by atoms with E-state index in [0.717, 1.165) is 23.4 Å². The van der Waals surface area contributed by atoms with E-state index >= 15 is 0 Å². The average molecular weight is 802 g/mol. The smallest absolute Gasteiger partial charge is 0.134 e. The SMILES string of the molecule is C=C(N=C(N=C(C)C(C)(C)C1CCCC(C(C)(C)N2CCCC2)C1)C(C)(C)C1CCCC(C(C)(C)N2CCCC2)C1)C(C)(C)C1CCCC(C(C)(C)N2CCCC2)C1. The van der Waals surface area contributed by atoms with E-state index in [9.17, 15) is 0 Å². The molecule has 332 valence electrons. The van der Waals surface area contributed by atoms with Crippen LogP contribution in [-0.2, 0) is 0 Å². The molecule has 58 heavy (non-hydrogen) atoms. The van der Waals surface area contributed by atoms with Gasteiger partial charge in [0.1, 0.15) is 5.84 Å². The van der Waals surface area contributed by atoms with Crippen LogP contribution in [0.4, 0.5) is 0 Å². The highest BCUT2D eigenvalue weighted by molar-refractivity contribution is 6.02. The third-order valence-corrected chi connectivity index (χ3v) is 19.6. The van der Waals surface area contributed by atoms with Crippen LogP contribution in [0.5, 0.6) is 0 Å². The van der Waals surface area contributed by atoms with Crippen LogP contribution in [0.1, 0.15) is 206 Å². The van der Waals surface area contributed by atoms with Crippen LogP contribution >= 0.6 is 0 Å².